The molecule has 0 bridgehead atoms. The third-order valence-electron chi connectivity index (χ3n) is 5.75. The van der Waals surface area contributed by atoms with E-state index in [-0.39, 0.29) is 23.3 Å². The van der Waals surface area contributed by atoms with Crippen molar-refractivity contribution in [2.75, 3.05) is 22.5 Å². The van der Waals surface area contributed by atoms with Gasteiger partial charge < -0.3 is 10.2 Å². The highest BCUT2D eigenvalue weighted by Gasteiger charge is 2.28. The van der Waals surface area contributed by atoms with Gasteiger partial charge >= 0.3 is 0 Å². The van der Waals surface area contributed by atoms with E-state index in [9.17, 15) is 13.2 Å². The molecule has 1 amide bonds. The normalized spacial score (nSPS) is 17.5. The number of carbonyl (C=O) groups excluding carboxylic acids is 1. The fourth-order valence-corrected chi connectivity index (χ4v) is 6.84. The predicted octanol–water partition coefficient (Wildman–Crippen LogP) is 4.00. The summed E-state index contributed by atoms with van der Waals surface area (Å²) in [5.41, 5.74) is 3.25. The number of amides is 1. The second kappa shape index (κ2) is 8.25. The summed E-state index contributed by atoms with van der Waals surface area (Å²) in [4.78, 5) is 16.0. The number of rotatable bonds is 6. The highest BCUT2D eigenvalue weighted by atomic mass is 32.2. The first-order chi connectivity index (χ1) is 13.5. The molecule has 7 heteroatoms. The number of nitrogens with zero attached hydrogens (tertiary/aromatic N) is 1. The summed E-state index contributed by atoms with van der Waals surface area (Å²) in [6.07, 6.45) is 4.54. The lowest BCUT2D eigenvalue weighted by Crippen LogP contribution is -2.29. The van der Waals surface area contributed by atoms with Crippen LogP contribution in [0.4, 0.5) is 11.4 Å². The van der Waals surface area contributed by atoms with Gasteiger partial charge in [-0.2, -0.15) is 0 Å². The van der Waals surface area contributed by atoms with Crippen LogP contribution >= 0.6 is 11.3 Å². The van der Waals surface area contributed by atoms with Gasteiger partial charge in [-0.15, -0.1) is 11.3 Å². The molecular weight excluding hydrogens is 392 g/mol. The van der Waals surface area contributed by atoms with Crippen LogP contribution in [0, 0.1) is 0 Å². The Kier molecular flexibility index (Phi) is 5.73. The summed E-state index contributed by atoms with van der Waals surface area (Å²) in [7, 11) is -3.15. The van der Waals surface area contributed by atoms with Crippen LogP contribution < -0.4 is 10.2 Å². The number of hydrogen-bond acceptors (Lipinski definition) is 5. The molecule has 1 aliphatic heterocycles. The maximum Gasteiger partial charge on any atom is 0.225 e. The Morgan fingerprint density at radius 2 is 1.89 bits per heavy atom. The van der Waals surface area contributed by atoms with Crippen LogP contribution in [0.2, 0.25) is 0 Å². The molecule has 0 saturated heterocycles. The number of fused-ring (bicyclic) bond motifs is 1. The summed E-state index contributed by atoms with van der Waals surface area (Å²) in [5.74, 6) is -0.298. The van der Waals surface area contributed by atoms with Crippen molar-refractivity contribution < 1.29 is 13.2 Å². The molecule has 5 nitrogen and oxygen atoms in total. The fourth-order valence-electron chi connectivity index (χ4n) is 4.10. The van der Waals surface area contributed by atoms with Crippen molar-refractivity contribution in [3.05, 3.63) is 46.2 Å². The molecule has 0 spiro atoms. The minimum absolute atomic E-state index is 0.0215. The molecule has 1 aromatic heterocycles. The molecule has 0 unspecified atom stereocenters. The van der Waals surface area contributed by atoms with E-state index in [2.05, 4.69) is 21.7 Å². The minimum atomic E-state index is -3.15. The molecular formula is C21H26N2O3S2. The first-order valence-corrected chi connectivity index (χ1v) is 12.5. The van der Waals surface area contributed by atoms with Gasteiger partial charge in [-0.3, -0.25) is 4.79 Å². The molecule has 1 aliphatic carbocycles. The lowest BCUT2D eigenvalue weighted by Gasteiger charge is -2.29. The van der Waals surface area contributed by atoms with Gasteiger partial charge in [-0.1, -0.05) is 12.8 Å². The Balaban J connectivity index is 1.30. The number of hydrogen-bond donors (Lipinski definition) is 1. The van der Waals surface area contributed by atoms with Gasteiger partial charge in [0.15, 0.2) is 9.84 Å². The predicted molar refractivity (Wildman–Crippen MR) is 115 cm³/mol. The SMILES string of the molecule is O=C(CCS(=O)(=O)C1CCCC1)Nc1ccc(N2CCc3sccc3C2)cc1. The Bertz CT molecular complexity index is 929. The number of anilines is 2. The van der Waals surface area contributed by atoms with E-state index in [0.717, 1.165) is 50.9 Å². The third kappa shape index (κ3) is 4.41. The van der Waals surface area contributed by atoms with Crippen LogP contribution in [0.15, 0.2) is 35.7 Å². The summed E-state index contributed by atoms with van der Waals surface area (Å²) in [6.45, 7) is 1.92. The Morgan fingerprint density at radius 1 is 1.14 bits per heavy atom. The average molecular weight is 419 g/mol. The summed E-state index contributed by atoms with van der Waals surface area (Å²) >= 11 is 1.83. The van der Waals surface area contributed by atoms with Gasteiger partial charge in [0.25, 0.3) is 0 Å². The Hall–Kier alpha value is -1.86. The van der Waals surface area contributed by atoms with Crippen molar-refractivity contribution in [2.45, 2.75) is 50.3 Å². The minimum Gasteiger partial charge on any atom is -0.367 e. The van der Waals surface area contributed by atoms with Gasteiger partial charge in [0, 0.05) is 35.8 Å². The van der Waals surface area contributed by atoms with Crippen molar-refractivity contribution in [3.8, 4) is 0 Å². The molecule has 0 atom stereocenters. The van der Waals surface area contributed by atoms with Crippen LogP contribution in [-0.4, -0.2) is 31.9 Å². The fraction of sp³-hybridized carbons (Fsp3) is 0.476. The van der Waals surface area contributed by atoms with Crippen molar-refractivity contribution >= 4 is 38.5 Å². The zero-order valence-corrected chi connectivity index (χ0v) is 17.5. The zero-order valence-electron chi connectivity index (χ0n) is 15.9. The van der Waals surface area contributed by atoms with E-state index in [1.165, 1.54) is 10.4 Å². The number of benzene rings is 1. The largest absolute Gasteiger partial charge is 0.367 e. The Labute approximate surface area is 170 Å². The summed E-state index contributed by atoms with van der Waals surface area (Å²) in [5, 5.41) is 4.74. The van der Waals surface area contributed by atoms with E-state index >= 15 is 0 Å². The Morgan fingerprint density at radius 3 is 2.64 bits per heavy atom. The third-order valence-corrected chi connectivity index (χ3v) is 9.03. The highest BCUT2D eigenvalue weighted by Crippen LogP contribution is 2.29. The molecule has 2 aromatic rings. The van der Waals surface area contributed by atoms with Crippen LogP contribution in [0.3, 0.4) is 0 Å². The van der Waals surface area contributed by atoms with E-state index in [1.807, 2.05) is 35.6 Å². The summed E-state index contributed by atoms with van der Waals surface area (Å²) in [6, 6.07) is 10.0. The molecule has 28 heavy (non-hydrogen) atoms. The van der Waals surface area contributed by atoms with Crippen molar-refractivity contribution in [3.63, 3.8) is 0 Å². The standard InChI is InChI=1S/C21H26N2O3S2/c24-21(11-14-28(25,26)19-3-1-2-4-19)22-17-5-7-18(8-6-17)23-12-9-20-16(15-23)10-13-27-20/h5-8,10,13,19H,1-4,9,11-12,14-15H2,(H,22,24). The smallest absolute Gasteiger partial charge is 0.225 e. The molecule has 2 aliphatic rings. The monoisotopic (exact) mass is 418 g/mol. The number of thiophene rings is 1. The first kappa shape index (κ1) is 19.5. The molecule has 2 heterocycles. The van der Waals surface area contributed by atoms with Crippen molar-refractivity contribution in [2.24, 2.45) is 0 Å². The molecule has 0 radical (unpaired) electrons. The quantitative estimate of drug-likeness (QED) is 0.770. The molecule has 1 fully saturated rings. The lowest BCUT2D eigenvalue weighted by atomic mass is 10.1. The molecule has 1 aromatic carbocycles. The van der Waals surface area contributed by atoms with Crippen molar-refractivity contribution in [1.82, 2.24) is 0 Å². The van der Waals surface area contributed by atoms with Crippen LogP contribution in [0.1, 0.15) is 42.5 Å². The number of nitrogens with one attached hydrogen (secondary N) is 1. The van der Waals surface area contributed by atoms with Crippen LogP contribution in [0.25, 0.3) is 0 Å². The summed E-state index contributed by atoms with van der Waals surface area (Å²) < 4.78 is 24.6. The number of sulfone groups is 1. The van der Waals surface area contributed by atoms with E-state index < -0.39 is 9.84 Å². The topological polar surface area (TPSA) is 66.5 Å². The number of carbonyl (C=O) groups is 1. The maximum atomic E-state index is 12.3. The lowest BCUT2D eigenvalue weighted by molar-refractivity contribution is -0.115. The van der Waals surface area contributed by atoms with Crippen LogP contribution in [-0.2, 0) is 27.6 Å². The van der Waals surface area contributed by atoms with Crippen LogP contribution in [0.5, 0.6) is 0 Å². The molecule has 4 rings (SSSR count). The van der Waals surface area contributed by atoms with E-state index in [0.29, 0.717) is 5.69 Å². The average Bonchev–Trinajstić information content (AvgIpc) is 3.38. The first-order valence-electron chi connectivity index (χ1n) is 9.93. The van der Waals surface area contributed by atoms with Gasteiger partial charge in [-0.05, 0) is 60.5 Å². The van der Waals surface area contributed by atoms with Gasteiger partial charge in [0.1, 0.15) is 0 Å². The van der Waals surface area contributed by atoms with E-state index in [4.69, 9.17) is 0 Å². The second-order valence-electron chi connectivity index (χ2n) is 7.66. The maximum absolute atomic E-state index is 12.3. The molecule has 1 N–H and O–H groups in total. The van der Waals surface area contributed by atoms with Crippen molar-refractivity contribution in [1.29, 1.82) is 0 Å². The molecule has 150 valence electrons. The highest BCUT2D eigenvalue weighted by molar-refractivity contribution is 7.92. The van der Waals surface area contributed by atoms with Gasteiger partial charge in [0.05, 0.1) is 11.0 Å². The zero-order chi connectivity index (χ0) is 19.6. The second-order valence-corrected chi connectivity index (χ2v) is 11.1. The van der Waals surface area contributed by atoms with Gasteiger partial charge in [-0.25, -0.2) is 8.42 Å². The van der Waals surface area contributed by atoms with Gasteiger partial charge in [0.2, 0.25) is 5.91 Å². The van der Waals surface area contributed by atoms with E-state index in [1.54, 1.807) is 0 Å². The molecule has 1 saturated carbocycles.